The van der Waals surface area contributed by atoms with Gasteiger partial charge in [-0.3, -0.25) is 5.10 Å². The summed E-state index contributed by atoms with van der Waals surface area (Å²) < 4.78 is 22.5. The van der Waals surface area contributed by atoms with Crippen LogP contribution in [0.5, 0.6) is 0 Å². The first-order valence-corrected chi connectivity index (χ1v) is 7.81. The third kappa shape index (κ3) is 3.54. The summed E-state index contributed by atoms with van der Waals surface area (Å²) in [6, 6.07) is 0.158. The molecule has 0 radical (unpaired) electrons. The van der Waals surface area contributed by atoms with E-state index in [-0.39, 0.29) is 6.04 Å². The van der Waals surface area contributed by atoms with Gasteiger partial charge in [-0.05, 0) is 38.3 Å². The van der Waals surface area contributed by atoms with Crippen LogP contribution in [0.4, 0.5) is 0 Å². The maximum Gasteiger partial charge on any atom is 0.151 e. The Kier molecular flexibility index (Phi) is 3.83. The number of aromatic nitrogens is 2. The van der Waals surface area contributed by atoms with Gasteiger partial charge in [-0.1, -0.05) is 0 Å². The highest BCUT2D eigenvalue weighted by Crippen LogP contribution is 2.11. The third-order valence-electron chi connectivity index (χ3n) is 3.22. The predicted molar refractivity (Wildman–Crippen MR) is 66.7 cm³/mol. The molecule has 0 bridgehead atoms. The van der Waals surface area contributed by atoms with E-state index in [9.17, 15) is 8.42 Å². The van der Waals surface area contributed by atoms with Gasteiger partial charge in [-0.25, -0.2) is 8.42 Å². The molecule has 0 aliphatic carbocycles. The Hall–Kier alpha value is -0.880. The quantitative estimate of drug-likeness (QED) is 0.750. The average Bonchev–Trinajstić information content (AvgIpc) is 2.80. The number of rotatable bonds is 5. The fraction of sp³-hybridized carbons (Fsp3) is 0.727. The van der Waals surface area contributed by atoms with Crippen LogP contribution in [-0.4, -0.2) is 42.7 Å². The third-order valence-corrected chi connectivity index (χ3v) is 4.99. The molecular formula is C11H19N3O2S. The summed E-state index contributed by atoms with van der Waals surface area (Å²) in [5.41, 5.74) is 2.36. The van der Waals surface area contributed by atoms with Crippen molar-refractivity contribution in [2.75, 3.05) is 18.1 Å². The normalized spacial score (nSPS) is 23.0. The maximum absolute atomic E-state index is 11.3. The lowest BCUT2D eigenvalue weighted by Gasteiger charge is -2.09. The van der Waals surface area contributed by atoms with Crippen LogP contribution in [0.15, 0.2) is 6.20 Å². The van der Waals surface area contributed by atoms with E-state index in [0.717, 1.165) is 31.5 Å². The molecule has 2 heterocycles. The Labute approximate surface area is 102 Å². The Balaban J connectivity index is 1.66. The van der Waals surface area contributed by atoms with Gasteiger partial charge in [-0.2, -0.15) is 5.10 Å². The molecule has 0 amide bonds. The van der Waals surface area contributed by atoms with E-state index in [1.807, 2.05) is 13.1 Å². The number of H-pyrrole nitrogens is 1. The van der Waals surface area contributed by atoms with Crippen LogP contribution in [0.3, 0.4) is 0 Å². The monoisotopic (exact) mass is 257 g/mol. The lowest BCUT2D eigenvalue weighted by atomic mass is 10.1. The van der Waals surface area contributed by atoms with E-state index < -0.39 is 9.84 Å². The minimum Gasteiger partial charge on any atom is -0.313 e. The van der Waals surface area contributed by atoms with Gasteiger partial charge < -0.3 is 5.32 Å². The van der Waals surface area contributed by atoms with Crippen LogP contribution < -0.4 is 5.32 Å². The molecule has 17 heavy (non-hydrogen) atoms. The van der Waals surface area contributed by atoms with Crippen molar-refractivity contribution in [2.24, 2.45) is 0 Å². The van der Waals surface area contributed by atoms with Crippen molar-refractivity contribution in [1.29, 1.82) is 0 Å². The van der Waals surface area contributed by atoms with Crippen LogP contribution in [0.25, 0.3) is 0 Å². The molecule has 1 aromatic heterocycles. The van der Waals surface area contributed by atoms with Crippen LogP contribution >= 0.6 is 0 Å². The molecule has 2 N–H and O–H groups in total. The predicted octanol–water partition coefficient (Wildman–Crippen LogP) is 0.427. The molecule has 1 aromatic rings. The van der Waals surface area contributed by atoms with Crippen molar-refractivity contribution >= 4 is 9.84 Å². The summed E-state index contributed by atoms with van der Waals surface area (Å²) in [4.78, 5) is 0. The molecule has 1 saturated heterocycles. The van der Waals surface area contributed by atoms with Crippen molar-refractivity contribution in [3.8, 4) is 0 Å². The van der Waals surface area contributed by atoms with Crippen LogP contribution in [0.2, 0.25) is 0 Å². The van der Waals surface area contributed by atoms with Crippen LogP contribution in [0, 0.1) is 6.92 Å². The van der Waals surface area contributed by atoms with Gasteiger partial charge in [0.2, 0.25) is 0 Å². The summed E-state index contributed by atoms with van der Waals surface area (Å²) in [5.74, 6) is 0.642. The molecule has 1 aliphatic rings. The highest BCUT2D eigenvalue weighted by atomic mass is 32.2. The highest BCUT2D eigenvalue weighted by molar-refractivity contribution is 7.91. The van der Waals surface area contributed by atoms with Gasteiger partial charge in [0.1, 0.15) is 0 Å². The van der Waals surface area contributed by atoms with Gasteiger partial charge in [-0.15, -0.1) is 0 Å². The average molecular weight is 257 g/mol. The zero-order chi connectivity index (χ0) is 12.3. The minimum absolute atomic E-state index is 0.158. The molecule has 0 aromatic carbocycles. The maximum atomic E-state index is 11.3. The molecule has 1 aliphatic heterocycles. The molecule has 0 spiro atoms. The van der Waals surface area contributed by atoms with E-state index in [2.05, 4.69) is 15.5 Å². The summed E-state index contributed by atoms with van der Waals surface area (Å²) >= 11 is 0. The zero-order valence-electron chi connectivity index (χ0n) is 10.1. The van der Waals surface area contributed by atoms with E-state index in [0.29, 0.717) is 11.5 Å². The number of nitrogens with one attached hydrogen (secondary N) is 2. The molecular weight excluding hydrogens is 238 g/mol. The fourth-order valence-corrected chi connectivity index (χ4v) is 3.88. The largest absolute Gasteiger partial charge is 0.313 e. The number of hydrogen-bond acceptors (Lipinski definition) is 4. The molecule has 1 unspecified atom stereocenters. The standard InChI is InChI=1S/C11H19N3O2S/c1-9-10(7-13-14-9)3-2-5-12-11-4-6-17(15,16)8-11/h7,11-12H,2-6,8H2,1H3,(H,13,14). The van der Waals surface area contributed by atoms with Crippen molar-refractivity contribution < 1.29 is 8.42 Å². The number of nitrogens with zero attached hydrogens (tertiary/aromatic N) is 1. The molecule has 1 fully saturated rings. The minimum atomic E-state index is -2.76. The van der Waals surface area contributed by atoms with Gasteiger partial charge in [0.25, 0.3) is 0 Å². The Bertz CT molecular complexity index is 467. The van der Waals surface area contributed by atoms with Crippen LogP contribution in [-0.2, 0) is 16.3 Å². The number of aryl methyl sites for hydroxylation is 2. The zero-order valence-corrected chi connectivity index (χ0v) is 10.9. The summed E-state index contributed by atoms with van der Waals surface area (Å²) in [6.07, 6.45) is 4.61. The number of sulfone groups is 1. The Morgan fingerprint density at radius 3 is 3.00 bits per heavy atom. The second kappa shape index (κ2) is 5.18. The van der Waals surface area contributed by atoms with E-state index >= 15 is 0 Å². The topological polar surface area (TPSA) is 74.8 Å². The van der Waals surface area contributed by atoms with Gasteiger partial charge in [0.05, 0.1) is 17.7 Å². The first-order chi connectivity index (χ1) is 8.07. The lowest BCUT2D eigenvalue weighted by molar-refractivity contribution is 0.542. The Morgan fingerprint density at radius 1 is 1.59 bits per heavy atom. The molecule has 0 saturated carbocycles. The Morgan fingerprint density at radius 2 is 2.41 bits per heavy atom. The van der Waals surface area contributed by atoms with Crippen molar-refractivity contribution in [3.63, 3.8) is 0 Å². The molecule has 5 nitrogen and oxygen atoms in total. The summed E-state index contributed by atoms with van der Waals surface area (Å²) in [5, 5.41) is 10.2. The molecule has 96 valence electrons. The molecule has 2 rings (SSSR count). The van der Waals surface area contributed by atoms with E-state index in [1.54, 1.807) is 0 Å². The summed E-state index contributed by atoms with van der Waals surface area (Å²) in [7, 11) is -2.76. The van der Waals surface area contributed by atoms with Gasteiger partial charge in [0.15, 0.2) is 9.84 Å². The van der Waals surface area contributed by atoms with E-state index in [4.69, 9.17) is 0 Å². The first kappa shape index (κ1) is 12.6. The van der Waals surface area contributed by atoms with Crippen molar-refractivity contribution in [2.45, 2.75) is 32.2 Å². The van der Waals surface area contributed by atoms with Gasteiger partial charge in [0, 0.05) is 11.7 Å². The highest BCUT2D eigenvalue weighted by Gasteiger charge is 2.26. The first-order valence-electron chi connectivity index (χ1n) is 5.99. The lowest BCUT2D eigenvalue weighted by Crippen LogP contribution is -2.31. The second-order valence-corrected chi connectivity index (χ2v) is 6.91. The molecule has 1 atom stereocenters. The van der Waals surface area contributed by atoms with E-state index in [1.165, 1.54) is 5.56 Å². The fourth-order valence-electron chi connectivity index (χ4n) is 2.17. The SMILES string of the molecule is Cc1[nH]ncc1CCCNC1CCS(=O)(=O)C1. The second-order valence-electron chi connectivity index (χ2n) is 4.68. The van der Waals surface area contributed by atoms with Crippen molar-refractivity contribution in [1.82, 2.24) is 15.5 Å². The summed E-state index contributed by atoms with van der Waals surface area (Å²) in [6.45, 7) is 2.88. The van der Waals surface area contributed by atoms with Gasteiger partial charge >= 0.3 is 0 Å². The molecule has 6 heteroatoms. The smallest absolute Gasteiger partial charge is 0.151 e. The number of aromatic amines is 1. The number of hydrogen-bond donors (Lipinski definition) is 2. The van der Waals surface area contributed by atoms with Crippen molar-refractivity contribution in [3.05, 3.63) is 17.5 Å². The van der Waals surface area contributed by atoms with Crippen LogP contribution in [0.1, 0.15) is 24.1 Å².